The fourth-order valence-corrected chi connectivity index (χ4v) is 2.65. The van der Waals surface area contributed by atoms with E-state index in [1.165, 1.54) is 0 Å². The fourth-order valence-electron chi connectivity index (χ4n) is 2.65. The van der Waals surface area contributed by atoms with E-state index in [1.807, 2.05) is 53.2 Å². The van der Waals surface area contributed by atoms with E-state index in [0.29, 0.717) is 18.5 Å². The van der Waals surface area contributed by atoms with Crippen LogP contribution in [0.1, 0.15) is 23.2 Å². The van der Waals surface area contributed by atoms with E-state index < -0.39 is 0 Å². The highest BCUT2D eigenvalue weighted by molar-refractivity contribution is 5.94. The van der Waals surface area contributed by atoms with Crippen LogP contribution in [0.25, 0.3) is 5.69 Å². The van der Waals surface area contributed by atoms with Gasteiger partial charge in [-0.1, -0.05) is 18.2 Å². The molecule has 0 aliphatic carbocycles. The third-order valence-corrected chi connectivity index (χ3v) is 4.11. The molecule has 2 aromatic carbocycles. The fraction of sp³-hybridized carbons (Fsp3) is 0.238. The van der Waals surface area contributed by atoms with Gasteiger partial charge in [-0.15, -0.1) is 0 Å². The van der Waals surface area contributed by atoms with Gasteiger partial charge in [0.15, 0.2) is 6.29 Å². The summed E-state index contributed by atoms with van der Waals surface area (Å²) in [5, 5.41) is 2.91. The van der Waals surface area contributed by atoms with Gasteiger partial charge in [0.05, 0.1) is 6.33 Å². The molecule has 0 saturated heterocycles. The predicted molar refractivity (Wildman–Crippen MR) is 103 cm³/mol. The van der Waals surface area contributed by atoms with Crippen LogP contribution in [0.3, 0.4) is 0 Å². The number of hydrogen-bond acceptors (Lipinski definition) is 4. The highest BCUT2D eigenvalue weighted by atomic mass is 16.7. The van der Waals surface area contributed by atoms with E-state index in [0.717, 1.165) is 17.9 Å². The molecular formula is C21H23N3O3. The summed E-state index contributed by atoms with van der Waals surface area (Å²) in [5.41, 5.74) is 1.67. The Labute approximate surface area is 158 Å². The Morgan fingerprint density at radius 3 is 2.59 bits per heavy atom. The lowest BCUT2D eigenvalue weighted by atomic mass is 10.2. The number of benzene rings is 2. The first-order valence-corrected chi connectivity index (χ1v) is 8.87. The zero-order valence-corrected chi connectivity index (χ0v) is 15.2. The van der Waals surface area contributed by atoms with Crippen LogP contribution in [0.2, 0.25) is 0 Å². The molecule has 0 bridgehead atoms. The zero-order chi connectivity index (χ0) is 18.9. The van der Waals surface area contributed by atoms with Crippen LogP contribution in [0, 0.1) is 0 Å². The molecule has 1 unspecified atom stereocenters. The summed E-state index contributed by atoms with van der Waals surface area (Å²) in [6, 6.07) is 16.9. The predicted octanol–water partition coefficient (Wildman–Crippen LogP) is 3.43. The van der Waals surface area contributed by atoms with Gasteiger partial charge in [-0.2, -0.15) is 0 Å². The van der Waals surface area contributed by atoms with Crippen LogP contribution >= 0.6 is 0 Å². The van der Waals surface area contributed by atoms with Crippen molar-refractivity contribution in [2.24, 2.45) is 0 Å². The Hall–Kier alpha value is -3.12. The van der Waals surface area contributed by atoms with Crippen molar-refractivity contribution in [3.63, 3.8) is 0 Å². The molecule has 6 heteroatoms. The first-order valence-electron chi connectivity index (χ1n) is 8.87. The average molecular weight is 365 g/mol. The molecule has 0 saturated carbocycles. The Balaban J connectivity index is 1.43. The number of carbonyl (C=O) groups is 1. The molecule has 1 amide bonds. The van der Waals surface area contributed by atoms with Gasteiger partial charge >= 0.3 is 0 Å². The first kappa shape index (κ1) is 18.7. The Morgan fingerprint density at radius 2 is 1.93 bits per heavy atom. The van der Waals surface area contributed by atoms with Crippen molar-refractivity contribution >= 4 is 5.91 Å². The number of nitrogens with zero attached hydrogens (tertiary/aromatic N) is 2. The van der Waals surface area contributed by atoms with E-state index in [1.54, 1.807) is 31.8 Å². The Morgan fingerprint density at radius 1 is 1.15 bits per heavy atom. The van der Waals surface area contributed by atoms with E-state index in [-0.39, 0.29) is 12.2 Å². The van der Waals surface area contributed by atoms with E-state index in [9.17, 15) is 4.79 Å². The molecule has 27 heavy (non-hydrogen) atoms. The lowest BCUT2D eigenvalue weighted by Crippen LogP contribution is -2.26. The summed E-state index contributed by atoms with van der Waals surface area (Å²) in [6.07, 6.45) is 6.44. The zero-order valence-electron chi connectivity index (χ0n) is 15.2. The largest absolute Gasteiger partial charge is 0.465 e. The van der Waals surface area contributed by atoms with Gasteiger partial charge in [0, 0.05) is 43.7 Å². The summed E-state index contributed by atoms with van der Waals surface area (Å²) in [6.45, 7) is 0.566. The van der Waals surface area contributed by atoms with Gasteiger partial charge in [0.25, 0.3) is 5.91 Å². The van der Waals surface area contributed by atoms with E-state index in [2.05, 4.69) is 10.3 Å². The highest BCUT2D eigenvalue weighted by Gasteiger charge is 2.10. The van der Waals surface area contributed by atoms with Crippen molar-refractivity contribution in [2.45, 2.75) is 19.1 Å². The van der Waals surface area contributed by atoms with Crippen molar-refractivity contribution in [3.8, 4) is 11.4 Å². The molecule has 0 spiro atoms. The van der Waals surface area contributed by atoms with Crippen molar-refractivity contribution in [1.82, 2.24) is 14.9 Å². The summed E-state index contributed by atoms with van der Waals surface area (Å²) < 4.78 is 13.2. The van der Waals surface area contributed by atoms with Crippen LogP contribution in [0.5, 0.6) is 5.75 Å². The summed E-state index contributed by atoms with van der Waals surface area (Å²) in [5.74, 6) is 0.666. The maximum Gasteiger partial charge on any atom is 0.251 e. The highest BCUT2D eigenvalue weighted by Crippen LogP contribution is 2.18. The Bertz CT molecular complexity index is 818. The van der Waals surface area contributed by atoms with Gasteiger partial charge in [0.1, 0.15) is 5.75 Å². The van der Waals surface area contributed by atoms with Gasteiger partial charge in [-0.25, -0.2) is 4.98 Å². The first-order chi connectivity index (χ1) is 13.3. The van der Waals surface area contributed by atoms with Gasteiger partial charge in [-0.05, 0) is 42.8 Å². The molecule has 1 aromatic heterocycles. The smallest absolute Gasteiger partial charge is 0.251 e. The molecule has 1 heterocycles. The molecule has 1 atom stereocenters. The number of hydrogen-bond donors (Lipinski definition) is 1. The van der Waals surface area contributed by atoms with Gasteiger partial charge in [0.2, 0.25) is 0 Å². The molecule has 0 aliphatic heterocycles. The minimum atomic E-state index is -0.363. The van der Waals surface area contributed by atoms with Crippen LogP contribution in [-0.4, -0.2) is 35.4 Å². The second-order valence-corrected chi connectivity index (χ2v) is 6.01. The summed E-state index contributed by atoms with van der Waals surface area (Å²) >= 11 is 0. The number of methoxy groups -OCH3 is 1. The molecule has 1 N–H and O–H groups in total. The second kappa shape index (κ2) is 9.54. The Kier molecular flexibility index (Phi) is 6.60. The number of carbonyl (C=O) groups excluding carboxylic acids is 1. The third kappa shape index (κ3) is 5.43. The topological polar surface area (TPSA) is 65.4 Å². The minimum Gasteiger partial charge on any atom is -0.465 e. The molecule has 3 rings (SSSR count). The van der Waals surface area contributed by atoms with Crippen LogP contribution < -0.4 is 10.1 Å². The van der Waals surface area contributed by atoms with Gasteiger partial charge in [-0.3, -0.25) is 4.79 Å². The molecular weight excluding hydrogens is 342 g/mol. The van der Waals surface area contributed by atoms with Crippen LogP contribution in [0.4, 0.5) is 0 Å². The van der Waals surface area contributed by atoms with Crippen molar-refractivity contribution in [1.29, 1.82) is 0 Å². The SMILES string of the molecule is COC(CCCNC(=O)c1ccccc1)Oc1ccc(-n2ccnc2)cc1. The summed E-state index contributed by atoms with van der Waals surface area (Å²) in [7, 11) is 1.62. The third-order valence-electron chi connectivity index (χ3n) is 4.11. The lowest BCUT2D eigenvalue weighted by molar-refractivity contribution is -0.0589. The van der Waals surface area contributed by atoms with Gasteiger partial charge < -0.3 is 19.4 Å². The van der Waals surface area contributed by atoms with Crippen molar-refractivity contribution < 1.29 is 14.3 Å². The maximum absolute atomic E-state index is 12.0. The standard InChI is InChI=1S/C21H23N3O3/c1-26-20(8-5-13-23-21(25)17-6-3-2-4-7-17)27-19-11-9-18(10-12-19)24-15-14-22-16-24/h2-4,6-7,9-12,14-16,20H,5,8,13H2,1H3,(H,23,25). The van der Waals surface area contributed by atoms with Crippen LogP contribution in [-0.2, 0) is 4.74 Å². The molecule has 0 fully saturated rings. The minimum absolute atomic E-state index is 0.0689. The number of ether oxygens (including phenoxy) is 2. The van der Waals surface area contributed by atoms with Crippen molar-refractivity contribution in [3.05, 3.63) is 78.9 Å². The summed E-state index contributed by atoms with van der Waals surface area (Å²) in [4.78, 5) is 16.0. The quantitative estimate of drug-likeness (QED) is 0.466. The lowest BCUT2D eigenvalue weighted by Gasteiger charge is -2.18. The van der Waals surface area contributed by atoms with Crippen molar-refractivity contribution in [2.75, 3.05) is 13.7 Å². The van der Waals surface area contributed by atoms with E-state index in [4.69, 9.17) is 9.47 Å². The molecule has 6 nitrogen and oxygen atoms in total. The number of amides is 1. The molecule has 0 radical (unpaired) electrons. The number of imidazole rings is 1. The van der Waals surface area contributed by atoms with Crippen LogP contribution in [0.15, 0.2) is 73.3 Å². The van der Waals surface area contributed by atoms with E-state index >= 15 is 0 Å². The monoisotopic (exact) mass is 365 g/mol. The maximum atomic E-state index is 12.0. The average Bonchev–Trinajstić information content (AvgIpc) is 3.26. The molecule has 3 aromatic rings. The number of aromatic nitrogens is 2. The molecule has 0 aliphatic rings. The second-order valence-electron chi connectivity index (χ2n) is 6.01. The normalized spacial score (nSPS) is 11.7. The number of nitrogens with one attached hydrogen (secondary N) is 1. The molecule has 140 valence electrons. The number of rotatable bonds is 9.